The van der Waals surface area contributed by atoms with Gasteiger partial charge in [-0.25, -0.2) is 10.2 Å². The molecule has 0 radical (unpaired) electrons. The predicted octanol–water partition coefficient (Wildman–Crippen LogP) is 5.37. The standard InChI is InChI=1S/C27H24I2N4O4/c1-36-25-21(28)11-18(12-22(25)29)14-31-33-26(34)24(13-19-15-30-23-10-6-5-9-20(19)23)32-27(35)37-16-17-7-3-2-4-8-17/h2-12,14-15,24,30H,13,16H2,1H3,(H,32,35)(H,33,34)/b31-14-/t24-/m0/s1. The molecule has 4 rings (SSSR count). The zero-order chi connectivity index (χ0) is 26.2. The molecule has 3 N–H and O–H groups in total. The van der Waals surface area contributed by atoms with Gasteiger partial charge >= 0.3 is 6.09 Å². The van der Waals surface area contributed by atoms with Gasteiger partial charge < -0.3 is 19.8 Å². The van der Waals surface area contributed by atoms with Gasteiger partial charge in [0, 0.05) is 23.5 Å². The molecule has 8 nitrogen and oxygen atoms in total. The molecular weight excluding hydrogens is 698 g/mol. The first-order chi connectivity index (χ1) is 17.9. The molecule has 1 atom stereocenters. The van der Waals surface area contributed by atoms with E-state index in [4.69, 9.17) is 9.47 Å². The van der Waals surface area contributed by atoms with Crippen molar-refractivity contribution in [1.29, 1.82) is 0 Å². The third kappa shape index (κ3) is 7.22. The van der Waals surface area contributed by atoms with Crippen LogP contribution < -0.4 is 15.5 Å². The van der Waals surface area contributed by atoms with Crippen LogP contribution in [0.4, 0.5) is 4.79 Å². The number of aromatic nitrogens is 1. The minimum atomic E-state index is -0.907. The lowest BCUT2D eigenvalue weighted by atomic mass is 10.0. The molecule has 3 aromatic carbocycles. The lowest BCUT2D eigenvalue weighted by Gasteiger charge is -2.17. The fraction of sp³-hybridized carbons (Fsp3) is 0.148. The maximum absolute atomic E-state index is 13.1. The Balaban J connectivity index is 1.47. The number of aromatic amines is 1. The summed E-state index contributed by atoms with van der Waals surface area (Å²) in [6, 6.07) is 20.0. The minimum absolute atomic E-state index is 0.0982. The van der Waals surface area contributed by atoms with Crippen LogP contribution in [0.1, 0.15) is 16.7 Å². The number of H-pyrrole nitrogens is 1. The van der Waals surface area contributed by atoms with Crippen LogP contribution >= 0.6 is 45.2 Å². The van der Waals surface area contributed by atoms with Crippen LogP contribution in [0.3, 0.4) is 0 Å². The van der Waals surface area contributed by atoms with E-state index in [1.54, 1.807) is 13.3 Å². The number of carbonyl (C=O) groups excluding carboxylic acids is 2. The summed E-state index contributed by atoms with van der Waals surface area (Å²) < 4.78 is 12.6. The van der Waals surface area contributed by atoms with Gasteiger partial charge in [-0.05, 0) is 80.1 Å². The number of methoxy groups -OCH3 is 1. The zero-order valence-electron chi connectivity index (χ0n) is 19.8. The van der Waals surface area contributed by atoms with E-state index in [9.17, 15) is 9.59 Å². The molecule has 190 valence electrons. The van der Waals surface area contributed by atoms with Gasteiger partial charge in [0.1, 0.15) is 18.4 Å². The lowest BCUT2D eigenvalue weighted by molar-refractivity contribution is -0.123. The molecule has 0 fully saturated rings. The molecule has 10 heteroatoms. The van der Waals surface area contributed by atoms with E-state index in [2.05, 4.69) is 66.0 Å². The fourth-order valence-electron chi connectivity index (χ4n) is 3.73. The molecule has 0 spiro atoms. The number of hydrazone groups is 1. The van der Waals surface area contributed by atoms with Crippen molar-refractivity contribution in [2.75, 3.05) is 7.11 Å². The van der Waals surface area contributed by atoms with Crippen molar-refractivity contribution in [1.82, 2.24) is 15.7 Å². The van der Waals surface area contributed by atoms with E-state index in [-0.39, 0.29) is 13.0 Å². The molecule has 4 aromatic rings. The molecule has 37 heavy (non-hydrogen) atoms. The van der Waals surface area contributed by atoms with E-state index < -0.39 is 18.0 Å². The Morgan fingerprint density at radius 1 is 1.05 bits per heavy atom. The van der Waals surface area contributed by atoms with Crippen LogP contribution in [0.25, 0.3) is 10.9 Å². The number of amides is 2. The number of halogens is 2. The third-order valence-corrected chi connectivity index (χ3v) is 7.14. The smallest absolute Gasteiger partial charge is 0.408 e. The number of carbonyl (C=O) groups is 2. The predicted molar refractivity (Wildman–Crippen MR) is 160 cm³/mol. The Bertz CT molecular complexity index is 1400. The van der Waals surface area contributed by atoms with Crippen molar-refractivity contribution in [2.45, 2.75) is 19.1 Å². The van der Waals surface area contributed by atoms with Crippen molar-refractivity contribution >= 4 is 74.3 Å². The highest BCUT2D eigenvalue weighted by atomic mass is 127. The van der Waals surface area contributed by atoms with Crippen LogP contribution in [0, 0.1) is 7.14 Å². The van der Waals surface area contributed by atoms with E-state index in [1.165, 1.54) is 0 Å². The van der Waals surface area contributed by atoms with Gasteiger partial charge in [-0.1, -0.05) is 48.5 Å². The highest BCUT2D eigenvalue weighted by molar-refractivity contribution is 14.1. The zero-order valence-corrected chi connectivity index (χ0v) is 24.1. The Hall–Kier alpha value is -3.13. The number of nitrogens with one attached hydrogen (secondary N) is 3. The number of alkyl carbamates (subject to hydrolysis) is 1. The van der Waals surface area contributed by atoms with Crippen molar-refractivity contribution < 1.29 is 19.1 Å². The molecular formula is C27H24I2N4O4. The molecule has 0 aliphatic carbocycles. The number of benzene rings is 3. The van der Waals surface area contributed by atoms with Crippen LogP contribution in [0.15, 0.2) is 78.0 Å². The van der Waals surface area contributed by atoms with E-state index in [0.29, 0.717) is 0 Å². The number of para-hydroxylation sites is 1. The topological polar surface area (TPSA) is 105 Å². The Morgan fingerprint density at radius 2 is 1.76 bits per heavy atom. The van der Waals surface area contributed by atoms with Crippen molar-refractivity contribution in [3.05, 3.63) is 96.8 Å². The van der Waals surface area contributed by atoms with E-state index in [0.717, 1.165) is 40.5 Å². The number of rotatable bonds is 9. The summed E-state index contributed by atoms with van der Waals surface area (Å²) >= 11 is 4.38. The Labute approximate surface area is 241 Å². The summed E-state index contributed by atoms with van der Waals surface area (Å²) in [5.74, 6) is 0.329. The number of hydrogen-bond acceptors (Lipinski definition) is 5. The second-order valence-electron chi connectivity index (χ2n) is 8.07. The SMILES string of the molecule is COc1c(I)cc(/C=N\NC(=O)[C@H](Cc2c[nH]c3ccccc23)NC(=O)OCc2ccccc2)cc1I. The van der Waals surface area contributed by atoms with Gasteiger partial charge in [0.25, 0.3) is 5.91 Å². The summed E-state index contributed by atoms with van der Waals surface area (Å²) in [5.41, 5.74) is 6.05. The van der Waals surface area contributed by atoms with Crippen molar-refractivity contribution in [2.24, 2.45) is 5.10 Å². The van der Waals surface area contributed by atoms with Crippen molar-refractivity contribution in [3.63, 3.8) is 0 Å². The molecule has 0 aliphatic rings. The highest BCUT2D eigenvalue weighted by Crippen LogP contribution is 2.28. The summed E-state index contributed by atoms with van der Waals surface area (Å²) in [7, 11) is 1.62. The summed E-state index contributed by atoms with van der Waals surface area (Å²) in [4.78, 5) is 28.9. The number of nitrogens with zero attached hydrogens (tertiary/aromatic N) is 1. The second-order valence-corrected chi connectivity index (χ2v) is 10.4. The van der Waals surface area contributed by atoms with Gasteiger partial charge in [0.05, 0.1) is 20.5 Å². The first-order valence-corrected chi connectivity index (χ1v) is 13.5. The average molecular weight is 722 g/mol. The van der Waals surface area contributed by atoms with Crippen LogP contribution in [-0.2, 0) is 22.6 Å². The van der Waals surface area contributed by atoms with Gasteiger partial charge in [0.2, 0.25) is 0 Å². The normalized spacial score (nSPS) is 11.9. The maximum Gasteiger partial charge on any atom is 0.408 e. The molecule has 2 amide bonds. The highest BCUT2D eigenvalue weighted by Gasteiger charge is 2.23. The molecule has 0 aliphatic heterocycles. The monoisotopic (exact) mass is 722 g/mol. The first-order valence-electron chi connectivity index (χ1n) is 11.3. The molecule has 1 heterocycles. The molecule has 0 unspecified atom stereocenters. The number of ether oxygens (including phenoxy) is 2. The average Bonchev–Trinajstić information content (AvgIpc) is 3.30. The third-order valence-electron chi connectivity index (χ3n) is 5.53. The largest absolute Gasteiger partial charge is 0.495 e. The van der Waals surface area contributed by atoms with Crippen LogP contribution in [0.5, 0.6) is 5.75 Å². The summed E-state index contributed by atoms with van der Waals surface area (Å²) in [5, 5.41) is 7.79. The fourth-order valence-corrected chi connectivity index (χ4v) is 5.99. The van der Waals surface area contributed by atoms with Gasteiger partial charge in [0.15, 0.2) is 0 Å². The first kappa shape index (κ1) is 26.9. The quantitative estimate of drug-likeness (QED) is 0.123. The van der Waals surface area contributed by atoms with Crippen molar-refractivity contribution in [3.8, 4) is 5.75 Å². The number of fused-ring (bicyclic) bond motifs is 1. The molecule has 0 saturated carbocycles. The minimum Gasteiger partial charge on any atom is -0.495 e. The Kier molecular flexibility index (Phi) is 9.39. The van der Waals surface area contributed by atoms with E-state index >= 15 is 0 Å². The van der Waals surface area contributed by atoms with Crippen LogP contribution in [0.2, 0.25) is 0 Å². The summed E-state index contributed by atoms with van der Waals surface area (Å²) in [6.07, 6.45) is 2.96. The van der Waals surface area contributed by atoms with Gasteiger partial charge in [-0.2, -0.15) is 5.10 Å². The number of hydrogen-bond donors (Lipinski definition) is 3. The van der Waals surface area contributed by atoms with Gasteiger partial charge in [-0.15, -0.1) is 0 Å². The van der Waals surface area contributed by atoms with Crippen LogP contribution in [-0.4, -0.2) is 36.4 Å². The van der Waals surface area contributed by atoms with E-state index in [1.807, 2.05) is 72.9 Å². The summed E-state index contributed by atoms with van der Waals surface area (Å²) in [6.45, 7) is 0.0982. The molecule has 0 saturated heterocycles. The maximum atomic E-state index is 13.1. The second kappa shape index (κ2) is 12.9. The molecule has 0 bridgehead atoms. The molecule has 1 aromatic heterocycles. The van der Waals surface area contributed by atoms with Gasteiger partial charge in [-0.3, -0.25) is 4.79 Å². The lowest BCUT2D eigenvalue weighted by Crippen LogP contribution is -2.47. The Morgan fingerprint density at radius 3 is 2.49 bits per heavy atom.